The summed E-state index contributed by atoms with van der Waals surface area (Å²) in [5, 5.41) is 7.95. The van der Waals surface area contributed by atoms with Crippen molar-refractivity contribution >= 4 is 5.91 Å². The molecule has 2 heterocycles. The molecule has 1 aromatic heterocycles. The maximum atomic E-state index is 12.9. The zero-order valence-corrected chi connectivity index (χ0v) is 17.7. The summed E-state index contributed by atoms with van der Waals surface area (Å²) in [5.41, 5.74) is 4.30. The number of benzene rings is 1. The molecule has 0 bridgehead atoms. The zero-order chi connectivity index (χ0) is 20.1. The average Bonchev–Trinajstić information content (AvgIpc) is 3.26. The lowest BCUT2D eigenvalue weighted by Crippen LogP contribution is -2.37. The van der Waals surface area contributed by atoms with E-state index in [-0.39, 0.29) is 11.9 Å². The lowest BCUT2D eigenvalue weighted by atomic mass is 10.0. The Labute approximate surface area is 169 Å². The van der Waals surface area contributed by atoms with E-state index < -0.39 is 0 Å². The number of nitrogens with one attached hydrogen (secondary N) is 1. The molecule has 28 heavy (non-hydrogen) atoms. The van der Waals surface area contributed by atoms with Crippen molar-refractivity contribution in [2.75, 3.05) is 19.6 Å². The third-order valence-electron chi connectivity index (χ3n) is 5.58. The van der Waals surface area contributed by atoms with Crippen LogP contribution in [0.15, 0.2) is 30.3 Å². The van der Waals surface area contributed by atoms with E-state index in [1.807, 2.05) is 29.8 Å². The maximum Gasteiger partial charge on any atom is 0.225 e. The number of nitrogens with zero attached hydrogens (tertiary/aromatic N) is 3. The summed E-state index contributed by atoms with van der Waals surface area (Å²) in [6.45, 7) is 12.5. The Bertz CT molecular complexity index is 775. The number of aryl methyl sites for hydroxylation is 1. The van der Waals surface area contributed by atoms with Crippen LogP contribution in [0, 0.1) is 19.8 Å². The summed E-state index contributed by atoms with van der Waals surface area (Å²) >= 11 is 0. The van der Waals surface area contributed by atoms with Crippen LogP contribution in [-0.4, -0.2) is 40.2 Å². The molecule has 5 heteroatoms. The van der Waals surface area contributed by atoms with Crippen LogP contribution in [0.25, 0.3) is 0 Å². The van der Waals surface area contributed by atoms with Gasteiger partial charge in [0, 0.05) is 24.3 Å². The summed E-state index contributed by atoms with van der Waals surface area (Å²) in [7, 11) is 0. The Kier molecular flexibility index (Phi) is 6.89. The van der Waals surface area contributed by atoms with Crippen molar-refractivity contribution in [2.45, 2.75) is 59.5 Å². The molecule has 1 atom stereocenters. The first kappa shape index (κ1) is 20.6. The van der Waals surface area contributed by atoms with Crippen molar-refractivity contribution in [1.82, 2.24) is 20.0 Å². The van der Waals surface area contributed by atoms with Crippen molar-refractivity contribution in [1.29, 1.82) is 0 Å². The minimum atomic E-state index is 0.0260. The van der Waals surface area contributed by atoms with E-state index in [1.54, 1.807) is 0 Å². The van der Waals surface area contributed by atoms with Gasteiger partial charge in [0.25, 0.3) is 0 Å². The SMILES string of the molecule is Cc1nn(CC(C)C)c(C)c1CC(=O)NC(CN1CCCC1)c1ccccc1. The van der Waals surface area contributed by atoms with Crippen LogP contribution in [0.4, 0.5) is 0 Å². The molecule has 1 aliphatic heterocycles. The Morgan fingerprint density at radius 3 is 2.43 bits per heavy atom. The summed E-state index contributed by atoms with van der Waals surface area (Å²) in [5.74, 6) is 0.603. The molecule has 5 nitrogen and oxygen atoms in total. The molecule has 1 saturated heterocycles. The number of carbonyl (C=O) groups excluding carboxylic acids is 1. The number of rotatable bonds is 8. The van der Waals surface area contributed by atoms with Crippen LogP contribution in [0.2, 0.25) is 0 Å². The average molecular weight is 383 g/mol. The summed E-state index contributed by atoms with van der Waals surface area (Å²) in [4.78, 5) is 15.4. The first-order valence-corrected chi connectivity index (χ1v) is 10.5. The highest BCUT2D eigenvalue weighted by atomic mass is 16.1. The van der Waals surface area contributed by atoms with E-state index >= 15 is 0 Å². The van der Waals surface area contributed by atoms with Gasteiger partial charge in [0.15, 0.2) is 0 Å². The quantitative estimate of drug-likeness (QED) is 0.758. The van der Waals surface area contributed by atoms with E-state index in [0.717, 1.165) is 43.1 Å². The van der Waals surface area contributed by atoms with Crippen molar-refractivity contribution in [3.63, 3.8) is 0 Å². The van der Waals surface area contributed by atoms with Gasteiger partial charge in [-0.05, 0) is 51.3 Å². The van der Waals surface area contributed by atoms with Gasteiger partial charge < -0.3 is 10.2 Å². The molecule has 1 unspecified atom stereocenters. The van der Waals surface area contributed by atoms with Crippen LogP contribution >= 0.6 is 0 Å². The van der Waals surface area contributed by atoms with Crippen molar-refractivity contribution < 1.29 is 4.79 Å². The van der Waals surface area contributed by atoms with E-state index in [2.05, 4.69) is 48.2 Å². The van der Waals surface area contributed by atoms with Crippen LogP contribution in [0.5, 0.6) is 0 Å². The number of carbonyl (C=O) groups is 1. The Morgan fingerprint density at radius 2 is 1.79 bits per heavy atom. The lowest BCUT2D eigenvalue weighted by Gasteiger charge is -2.25. The van der Waals surface area contributed by atoms with Gasteiger partial charge in [-0.1, -0.05) is 44.2 Å². The van der Waals surface area contributed by atoms with Gasteiger partial charge in [0.2, 0.25) is 5.91 Å². The van der Waals surface area contributed by atoms with Crippen molar-refractivity contribution in [2.24, 2.45) is 5.92 Å². The molecule has 0 aliphatic carbocycles. The van der Waals surface area contributed by atoms with Gasteiger partial charge in [-0.2, -0.15) is 5.10 Å². The van der Waals surface area contributed by atoms with E-state index in [4.69, 9.17) is 0 Å². The molecular weight excluding hydrogens is 348 g/mol. The number of hydrogen-bond acceptors (Lipinski definition) is 3. The lowest BCUT2D eigenvalue weighted by molar-refractivity contribution is -0.121. The van der Waals surface area contributed by atoms with Gasteiger partial charge >= 0.3 is 0 Å². The number of likely N-dealkylation sites (tertiary alicyclic amines) is 1. The van der Waals surface area contributed by atoms with Crippen molar-refractivity contribution in [3.8, 4) is 0 Å². The standard InChI is InChI=1S/C23H34N4O/c1-17(2)15-27-19(4)21(18(3)25-27)14-23(28)24-22(16-26-12-8-9-13-26)20-10-6-5-7-11-20/h5-7,10-11,17,22H,8-9,12-16H2,1-4H3,(H,24,28). The van der Waals surface area contributed by atoms with Gasteiger partial charge in [-0.3, -0.25) is 9.48 Å². The smallest absolute Gasteiger partial charge is 0.225 e. The highest BCUT2D eigenvalue weighted by molar-refractivity contribution is 5.79. The number of aromatic nitrogens is 2. The molecule has 2 aromatic rings. The predicted octanol–water partition coefficient (Wildman–Crippen LogP) is 3.65. The molecular formula is C23H34N4O. The summed E-state index contributed by atoms with van der Waals surface area (Å²) in [6.07, 6.45) is 2.89. The van der Waals surface area contributed by atoms with Gasteiger partial charge in [-0.25, -0.2) is 0 Å². The molecule has 1 aromatic carbocycles. The van der Waals surface area contributed by atoms with E-state index in [9.17, 15) is 4.79 Å². The molecule has 0 saturated carbocycles. The fourth-order valence-electron chi connectivity index (χ4n) is 4.06. The Balaban J connectivity index is 1.71. The van der Waals surface area contributed by atoms with Crippen LogP contribution in [0.3, 0.4) is 0 Å². The second kappa shape index (κ2) is 9.37. The largest absolute Gasteiger partial charge is 0.348 e. The maximum absolute atomic E-state index is 12.9. The second-order valence-electron chi connectivity index (χ2n) is 8.44. The fraction of sp³-hybridized carbons (Fsp3) is 0.565. The molecule has 0 spiro atoms. The molecule has 1 fully saturated rings. The monoisotopic (exact) mass is 382 g/mol. The fourth-order valence-corrected chi connectivity index (χ4v) is 4.06. The normalized spacial score (nSPS) is 15.9. The predicted molar refractivity (Wildman–Crippen MR) is 113 cm³/mol. The highest BCUT2D eigenvalue weighted by Crippen LogP contribution is 2.19. The first-order valence-electron chi connectivity index (χ1n) is 10.5. The topological polar surface area (TPSA) is 50.2 Å². The molecule has 152 valence electrons. The molecule has 1 N–H and O–H groups in total. The first-order chi connectivity index (χ1) is 13.4. The van der Waals surface area contributed by atoms with Crippen LogP contribution < -0.4 is 5.32 Å². The Morgan fingerprint density at radius 1 is 1.11 bits per heavy atom. The van der Waals surface area contributed by atoms with Crippen LogP contribution in [0.1, 0.15) is 55.2 Å². The Hall–Kier alpha value is -2.14. The minimum absolute atomic E-state index is 0.0260. The zero-order valence-electron chi connectivity index (χ0n) is 17.7. The van der Waals surface area contributed by atoms with E-state index in [1.165, 1.54) is 18.4 Å². The van der Waals surface area contributed by atoms with Crippen LogP contribution in [-0.2, 0) is 17.8 Å². The third kappa shape index (κ3) is 5.22. The van der Waals surface area contributed by atoms with E-state index in [0.29, 0.717) is 12.3 Å². The molecule has 0 radical (unpaired) electrons. The number of amides is 1. The van der Waals surface area contributed by atoms with Gasteiger partial charge in [0.05, 0.1) is 18.2 Å². The van der Waals surface area contributed by atoms with Gasteiger partial charge in [-0.15, -0.1) is 0 Å². The highest BCUT2D eigenvalue weighted by Gasteiger charge is 2.22. The number of hydrogen-bond donors (Lipinski definition) is 1. The molecule has 1 aliphatic rings. The van der Waals surface area contributed by atoms with Gasteiger partial charge in [0.1, 0.15) is 0 Å². The van der Waals surface area contributed by atoms with Crippen molar-refractivity contribution in [3.05, 3.63) is 52.8 Å². The second-order valence-corrected chi connectivity index (χ2v) is 8.44. The summed E-state index contributed by atoms with van der Waals surface area (Å²) < 4.78 is 2.04. The molecule has 3 rings (SSSR count). The minimum Gasteiger partial charge on any atom is -0.348 e. The molecule has 1 amide bonds. The summed E-state index contributed by atoms with van der Waals surface area (Å²) in [6, 6.07) is 10.4. The third-order valence-corrected chi connectivity index (χ3v) is 5.58.